The van der Waals surface area contributed by atoms with E-state index < -0.39 is 0 Å². The van der Waals surface area contributed by atoms with Crippen molar-refractivity contribution in [1.82, 2.24) is 9.55 Å². The minimum atomic E-state index is 1.17. The van der Waals surface area contributed by atoms with Gasteiger partial charge in [-0.1, -0.05) is 84.9 Å². The summed E-state index contributed by atoms with van der Waals surface area (Å²) >= 11 is 0. The van der Waals surface area contributed by atoms with Crippen molar-refractivity contribution in [3.8, 4) is 16.8 Å². The van der Waals surface area contributed by atoms with Gasteiger partial charge in [0.1, 0.15) is 0 Å². The summed E-state index contributed by atoms with van der Waals surface area (Å²) in [6.45, 7) is 0. The van der Waals surface area contributed by atoms with Crippen molar-refractivity contribution in [2.45, 2.75) is 0 Å². The monoisotopic (exact) mass is 458 g/mol. The molecule has 8 aromatic rings. The lowest BCUT2D eigenvalue weighted by Gasteiger charge is -2.13. The first-order valence-electron chi connectivity index (χ1n) is 12.4. The smallest absolute Gasteiger partial charge is 0.0619 e. The molecule has 0 saturated carbocycles. The molecule has 0 amide bonds. The fourth-order valence-electron chi connectivity index (χ4n) is 5.92. The van der Waals surface area contributed by atoms with Crippen LogP contribution in [0.5, 0.6) is 0 Å². The summed E-state index contributed by atoms with van der Waals surface area (Å²) in [7, 11) is 0. The Kier molecular flexibility index (Phi) is 3.97. The molecule has 6 aromatic carbocycles. The van der Waals surface area contributed by atoms with Crippen LogP contribution in [0.15, 0.2) is 127 Å². The van der Waals surface area contributed by atoms with E-state index in [1.807, 2.05) is 0 Å². The van der Waals surface area contributed by atoms with Crippen molar-refractivity contribution in [1.29, 1.82) is 0 Å². The van der Waals surface area contributed by atoms with Crippen LogP contribution in [0.4, 0.5) is 0 Å². The van der Waals surface area contributed by atoms with Gasteiger partial charge in [-0.15, -0.1) is 0 Å². The Morgan fingerprint density at radius 1 is 0.444 bits per heavy atom. The van der Waals surface area contributed by atoms with Gasteiger partial charge in [-0.05, 0) is 59.0 Å². The Morgan fingerprint density at radius 2 is 1.11 bits per heavy atom. The molecule has 168 valence electrons. The van der Waals surface area contributed by atoms with Crippen LogP contribution in [0.1, 0.15) is 0 Å². The zero-order chi connectivity index (χ0) is 23.6. The summed E-state index contributed by atoms with van der Waals surface area (Å²) in [4.78, 5) is 3.57. The van der Waals surface area contributed by atoms with Gasteiger partial charge < -0.3 is 9.55 Å². The number of para-hydroxylation sites is 3. The van der Waals surface area contributed by atoms with E-state index in [0.29, 0.717) is 0 Å². The topological polar surface area (TPSA) is 20.7 Å². The summed E-state index contributed by atoms with van der Waals surface area (Å²) in [5.41, 5.74) is 8.52. The Balaban J connectivity index is 1.52. The molecule has 36 heavy (non-hydrogen) atoms. The molecule has 0 aliphatic carbocycles. The maximum absolute atomic E-state index is 3.57. The molecule has 0 atom stereocenters. The first kappa shape index (κ1) is 19.5. The average molecular weight is 459 g/mol. The van der Waals surface area contributed by atoms with E-state index in [9.17, 15) is 0 Å². The number of H-pyrrole nitrogens is 1. The molecule has 1 N–H and O–H groups in total. The van der Waals surface area contributed by atoms with Crippen molar-refractivity contribution in [3.63, 3.8) is 0 Å². The third kappa shape index (κ3) is 2.67. The second-order valence-corrected chi connectivity index (χ2v) is 9.48. The van der Waals surface area contributed by atoms with E-state index in [1.165, 1.54) is 71.2 Å². The Hall–Kier alpha value is -4.82. The number of rotatable bonds is 2. The van der Waals surface area contributed by atoms with E-state index in [1.54, 1.807) is 0 Å². The van der Waals surface area contributed by atoms with E-state index >= 15 is 0 Å². The van der Waals surface area contributed by atoms with Crippen LogP contribution in [0.25, 0.3) is 71.2 Å². The minimum absolute atomic E-state index is 1.17. The molecule has 8 rings (SSSR count). The van der Waals surface area contributed by atoms with Gasteiger partial charge >= 0.3 is 0 Å². The van der Waals surface area contributed by atoms with Crippen molar-refractivity contribution in [3.05, 3.63) is 127 Å². The largest absolute Gasteiger partial charge is 0.355 e. The fraction of sp³-hybridized carbons (Fsp3) is 0. The first-order valence-corrected chi connectivity index (χ1v) is 12.4. The van der Waals surface area contributed by atoms with Crippen LogP contribution < -0.4 is 0 Å². The van der Waals surface area contributed by atoms with Crippen LogP contribution in [-0.2, 0) is 0 Å². The zero-order valence-corrected chi connectivity index (χ0v) is 19.6. The van der Waals surface area contributed by atoms with E-state index in [-0.39, 0.29) is 0 Å². The van der Waals surface area contributed by atoms with Crippen LogP contribution in [0, 0.1) is 0 Å². The highest BCUT2D eigenvalue weighted by molar-refractivity contribution is 6.22. The van der Waals surface area contributed by atoms with Gasteiger partial charge in [-0.2, -0.15) is 0 Å². The average Bonchev–Trinajstić information content (AvgIpc) is 3.48. The number of hydrogen-bond acceptors (Lipinski definition) is 0. The molecule has 2 aromatic heterocycles. The van der Waals surface area contributed by atoms with Gasteiger partial charge in [0.2, 0.25) is 0 Å². The predicted octanol–water partition coefficient (Wildman–Crippen LogP) is 9.24. The molecule has 0 unspecified atom stereocenters. The molecule has 0 saturated heterocycles. The molecule has 0 aliphatic heterocycles. The lowest BCUT2D eigenvalue weighted by atomic mass is 9.94. The van der Waals surface area contributed by atoms with Crippen molar-refractivity contribution >= 4 is 54.4 Å². The molecule has 2 heterocycles. The number of nitrogens with zero attached hydrogens (tertiary/aromatic N) is 1. The molecular formula is C34H22N2. The highest BCUT2D eigenvalue weighted by atomic mass is 15.0. The Labute approximate surface area is 208 Å². The SMILES string of the molecule is c1ccc(-n2c3ccccc3c3cc(-c4ccc5[nH]c6ccccc6c5c4)c4ccccc4c32)cc1. The summed E-state index contributed by atoms with van der Waals surface area (Å²) in [6, 6.07) is 46.0. The zero-order valence-electron chi connectivity index (χ0n) is 19.6. The number of aromatic nitrogens is 2. The number of benzene rings is 6. The van der Waals surface area contributed by atoms with Crippen LogP contribution >= 0.6 is 0 Å². The second kappa shape index (κ2) is 7.34. The van der Waals surface area contributed by atoms with Gasteiger partial charge in [0.25, 0.3) is 0 Å². The maximum atomic E-state index is 3.57. The van der Waals surface area contributed by atoms with Crippen LogP contribution in [0.2, 0.25) is 0 Å². The van der Waals surface area contributed by atoms with E-state index in [2.05, 4.69) is 137 Å². The van der Waals surface area contributed by atoms with Gasteiger partial charge in [0.15, 0.2) is 0 Å². The molecule has 0 spiro atoms. The lowest BCUT2D eigenvalue weighted by Crippen LogP contribution is -1.94. The van der Waals surface area contributed by atoms with Crippen LogP contribution in [-0.4, -0.2) is 9.55 Å². The number of aromatic amines is 1. The molecule has 0 fully saturated rings. The maximum Gasteiger partial charge on any atom is 0.0619 e. The Bertz CT molecular complexity index is 2090. The summed E-state index contributed by atoms with van der Waals surface area (Å²) < 4.78 is 2.42. The van der Waals surface area contributed by atoms with Crippen LogP contribution in [0.3, 0.4) is 0 Å². The van der Waals surface area contributed by atoms with Gasteiger partial charge in [-0.25, -0.2) is 0 Å². The molecule has 2 heteroatoms. The number of nitrogens with one attached hydrogen (secondary N) is 1. The number of hydrogen-bond donors (Lipinski definition) is 1. The van der Waals surface area contributed by atoms with E-state index in [4.69, 9.17) is 0 Å². The summed E-state index contributed by atoms with van der Waals surface area (Å²) in [5, 5.41) is 7.62. The molecule has 0 radical (unpaired) electrons. The summed E-state index contributed by atoms with van der Waals surface area (Å²) in [5.74, 6) is 0. The molecule has 0 bridgehead atoms. The van der Waals surface area contributed by atoms with Crippen molar-refractivity contribution in [2.75, 3.05) is 0 Å². The normalized spacial score (nSPS) is 11.9. The van der Waals surface area contributed by atoms with E-state index in [0.717, 1.165) is 0 Å². The summed E-state index contributed by atoms with van der Waals surface area (Å²) in [6.07, 6.45) is 0. The second-order valence-electron chi connectivity index (χ2n) is 9.48. The molecule has 2 nitrogen and oxygen atoms in total. The van der Waals surface area contributed by atoms with Crippen molar-refractivity contribution < 1.29 is 0 Å². The highest BCUT2D eigenvalue weighted by Crippen LogP contribution is 2.42. The Morgan fingerprint density at radius 3 is 1.97 bits per heavy atom. The lowest BCUT2D eigenvalue weighted by molar-refractivity contribution is 1.19. The molecule has 0 aliphatic rings. The van der Waals surface area contributed by atoms with Gasteiger partial charge in [0.05, 0.1) is 11.0 Å². The van der Waals surface area contributed by atoms with Crippen molar-refractivity contribution in [2.24, 2.45) is 0 Å². The quantitative estimate of drug-likeness (QED) is 0.266. The predicted molar refractivity (Wildman–Crippen MR) is 153 cm³/mol. The van der Waals surface area contributed by atoms with Gasteiger partial charge in [0, 0.05) is 43.7 Å². The highest BCUT2D eigenvalue weighted by Gasteiger charge is 2.18. The fourth-order valence-corrected chi connectivity index (χ4v) is 5.92. The third-order valence-corrected chi connectivity index (χ3v) is 7.51. The minimum Gasteiger partial charge on any atom is -0.355 e. The first-order chi connectivity index (χ1) is 17.9. The van der Waals surface area contributed by atoms with Gasteiger partial charge in [-0.3, -0.25) is 0 Å². The molecular weight excluding hydrogens is 436 g/mol. The standard InChI is InChI=1S/C34H22N2/c1-2-10-23(11-3-1)36-33-17-9-7-14-26(33)30-21-28(24-12-4-5-15-27(24)34(30)36)22-18-19-32-29(20-22)25-13-6-8-16-31(25)35-32/h1-21,35H. The number of fused-ring (bicyclic) bond motifs is 8. The third-order valence-electron chi connectivity index (χ3n) is 7.51.